The smallest absolute Gasteiger partial charge is 0.224 e. The molecule has 2 N–H and O–H groups in total. The molecule has 2 atom stereocenters. The van der Waals surface area contributed by atoms with Crippen molar-refractivity contribution in [2.45, 2.75) is 32.4 Å². The molecule has 2 rings (SSSR count). The summed E-state index contributed by atoms with van der Waals surface area (Å²) in [6.45, 7) is 5.42. The summed E-state index contributed by atoms with van der Waals surface area (Å²) in [6.07, 6.45) is 0.222. The van der Waals surface area contributed by atoms with Gasteiger partial charge in [0.05, 0.1) is 6.54 Å². The Morgan fingerprint density at radius 3 is 2.71 bits per heavy atom. The van der Waals surface area contributed by atoms with Crippen molar-refractivity contribution in [3.05, 3.63) is 24.3 Å². The predicted octanol–water partition coefficient (Wildman–Crippen LogP) is 1.83. The summed E-state index contributed by atoms with van der Waals surface area (Å²) >= 11 is 0. The summed E-state index contributed by atoms with van der Waals surface area (Å²) in [5.74, 6) is 1.55. The quantitative estimate of drug-likeness (QED) is 0.900. The molecule has 1 heterocycles. The maximum absolute atomic E-state index is 12.1. The average molecular weight is 315 g/mol. The highest BCUT2D eigenvalue weighted by Gasteiger charge is 2.24. The Hall–Kier alpha value is -1.46. The molecule has 0 radical (unpaired) electrons. The summed E-state index contributed by atoms with van der Waals surface area (Å²) in [5, 5.41) is 0. The molecule has 1 aliphatic rings. The number of ether oxygens (including phenoxy) is 2. The van der Waals surface area contributed by atoms with Gasteiger partial charge in [-0.1, -0.05) is 12.1 Å². The number of likely N-dealkylation sites (N-methyl/N-ethyl adjacent to an activating group) is 1. The van der Waals surface area contributed by atoms with E-state index >= 15 is 0 Å². The molecule has 0 saturated heterocycles. The second-order valence-corrected chi connectivity index (χ2v) is 5.11. The summed E-state index contributed by atoms with van der Waals surface area (Å²) in [5.41, 5.74) is 5.68. The second kappa shape index (κ2) is 8.10. The van der Waals surface area contributed by atoms with E-state index in [1.54, 1.807) is 4.90 Å². The van der Waals surface area contributed by atoms with E-state index in [1.807, 2.05) is 38.1 Å². The Morgan fingerprint density at radius 1 is 1.43 bits per heavy atom. The monoisotopic (exact) mass is 314 g/mol. The van der Waals surface area contributed by atoms with Crippen LogP contribution in [-0.2, 0) is 4.79 Å². The molecule has 2 unspecified atom stereocenters. The van der Waals surface area contributed by atoms with Gasteiger partial charge in [-0.3, -0.25) is 4.79 Å². The minimum Gasteiger partial charge on any atom is -0.486 e. The van der Waals surface area contributed by atoms with Crippen molar-refractivity contribution in [3.8, 4) is 11.5 Å². The normalized spacial score (nSPS) is 17.6. The number of carbonyl (C=O) groups excluding carboxylic acids is 1. The van der Waals surface area contributed by atoms with Gasteiger partial charge >= 0.3 is 0 Å². The number of benzene rings is 1. The standard InChI is InChI=1S/C15H22N2O3.ClH/c1-3-17(15(18)8-11(2)16)9-12-10-19-13-6-4-5-7-14(13)20-12;/h4-7,11-12H,3,8-10,16H2,1-2H3;1H. The Balaban J connectivity index is 0.00000220. The first-order valence-electron chi connectivity index (χ1n) is 7.02. The highest BCUT2D eigenvalue weighted by molar-refractivity contribution is 5.85. The molecule has 0 spiro atoms. The largest absolute Gasteiger partial charge is 0.486 e. The Kier molecular flexibility index (Phi) is 6.78. The van der Waals surface area contributed by atoms with E-state index < -0.39 is 0 Å². The number of nitrogens with zero attached hydrogens (tertiary/aromatic N) is 1. The molecular formula is C15H23ClN2O3. The highest BCUT2D eigenvalue weighted by Crippen LogP contribution is 2.31. The van der Waals surface area contributed by atoms with Crippen LogP contribution in [0.2, 0.25) is 0 Å². The van der Waals surface area contributed by atoms with Gasteiger partial charge in [-0.25, -0.2) is 0 Å². The van der Waals surface area contributed by atoms with Crippen molar-refractivity contribution < 1.29 is 14.3 Å². The molecule has 118 valence electrons. The number of para-hydroxylation sites is 2. The van der Waals surface area contributed by atoms with E-state index in [9.17, 15) is 4.79 Å². The number of amides is 1. The van der Waals surface area contributed by atoms with Gasteiger partial charge < -0.3 is 20.1 Å². The number of hydrogen-bond donors (Lipinski definition) is 1. The zero-order valence-electron chi connectivity index (χ0n) is 12.5. The first kappa shape index (κ1) is 17.6. The predicted molar refractivity (Wildman–Crippen MR) is 84.1 cm³/mol. The SMILES string of the molecule is CCN(CC1COc2ccccc2O1)C(=O)CC(C)N.Cl. The number of nitrogens with two attached hydrogens (primary N) is 1. The van der Waals surface area contributed by atoms with Gasteiger partial charge in [-0.15, -0.1) is 12.4 Å². The lowest BCUT2D eigenvalue weighted by Gasteiger charge is -2.31. The number of halogens is 1. The lowest BCUT2D eigenvalue weighted by molar-refractivity contribution is -0.132. The van der Waals surface area contributed by atoms with Gasteiger partial charge in [0.25, 0.3) is 0 Å². The molecule has 0 bridgehead atoms. The van der Waals surface area contributed by atoms with E-state index in [2.05, 4.69) is 0 Å². The Labute approximate surface area is 131 Å². The lowest BCUT2D eigenvalue weighted by Crippen LogP contribution is -2.44. The van der Waals surface area contributed by atoms with Crippen LogP contribution in [0.3, 0.4) is 0 Å². The van der Waals surface area contributed by atoms with Crippen LogP contribution in [0.1, 0.15) is 20.3 Å². The van der Waals surface area contributed by atoms with Gasteiger partial charge in [0.1, 0.15) is 6.61 Å². The Bertz CT molecular complexity index is 468. The molecule has 1 amide bonds. The molecule has 1 aromatic carbocycles. The molecule has 0 aromatic heterocycles. The van der Waals surface area contributed by atoms with Gasteiger partial charge in [0.2, 0.25) is 5.91 Å². The van der Waals surface area contributed by atoms with Crippen LogP contribution < -0.4 is 15.2 Å². The zero-order chi connectivity index (χ0) is 14.5. The second-order valence-electron chi connectivity index (χ2n) is 5.11. The minimum absolute atomic E-state index is 0. The fourth-order valence-electron chi connectivity index (χ4n) is 2.21. The van der Waals surface area contributed by atoms with Crippen LogP contribution in [0.25, 0.3) is 0 Å². The minimum atomic E-state index is -0.137. The fraction of sp³-hybridized carbons (Fsp3) is 0.533. The summed E-state index contributed by atoms with van der Waals surface area (Å²) in [7, 11) is 0. The van der Waals surface area contributed by atoms with Crippen molar-refractivity contribution in [1.82, 2.24) is 4.90 Å². The third-order valence-corrected chi connectivity index (χ3v) is 3.22. The topological polar surface area (TPSA) is 64.8 Å². The van der Waals surface area contributed by atoms with Crippen molar-refractivity contribution in [2.75, 3.05) is 19.7 Å². The maximum atomic E-state index is 12.1. The van der Waals surface area contributed by atoms with Crippen molar-refractivity contribution in [3.63, 3.8) is 0 Å². The summed E-state index contributed by atoms with van der Waals surface area (Å²) in [4.78, 5) is 13.8. The summed E-state index contributed by atoms with van der Waals surface area (Å²) < 4.78 is 11.5. The first-order chi connectivity index (χ1) is 9.60. The van der Waals surface area contributed by atoms with E-state index in [-0.39, 0.29) is 30.5 Å². The summed E-state index contributed by atoms with van der Waals surface area (Å²) in [6, 6.07) is 7.45. The van der Waals surface area contributed by atoms with Crippen LogP contribution in [0, 0.1) is 0 Å². The number of fused-ring (bicyclic) bond motifs is 1. The van der Waals surface area contributed by atoms with Crippen molar-refractivity contribution >= 4 is 18.3 Å². The number of rotatable bonds is 5. The van der Waals surface area contributed by atoms with E-state index in [0.29, 0.717) is 26.1 Å². The van der Waals surface area contributed by atoms with E-state index in [1.165, 1.54) is 0 Å². The first-order valence-corrected chi connectivity index (χ1v) is 7.02. The van der Waals surface area contributed by atoms with E-state index in [0.717, 1.165) is 11.5 Å². The van der Waals surface area contributed by atoms with Crippen LogP contribution in [0.4, 0.5) is 0 Å². The van der Waals surface area contributed by atoms with Crippen molar-refractivity contribution in [2.24, 2.45) is 5.73 Å². The molecule has 1 aliphatic heterocycles. The number of hydrogen-bond acceptors (Lipinski definition) is 4. The third kappa shape index (κ3) is 4.79. The molecule has 6 heteroatoms. The maximum Gasteiger partial charge on any atom is 0.224 e. The molecule has 5 nitrogen and oxygen atoms in total. The molecular weight excluding hydrogens is 292 g/mol. The van der Waals surface area contributed by atoms with Gasteiger partial charge in [0.15, 0.2) is 17.6 Å². The highest BCUT2D eigenvalue weighted by atomic mass is 35.5. The van der Waals surface area contributed by atoms with Gasteiger partial charge in [-0.05, 0) is 26.0 Å². The molecule has 1 aromatic rings. The molecule has 21 heavy (non-hydrogen) atoms. The zero-order valence-corrected chi connectivity index (χ0v) is 13.3. The average Bonchev–Trinajstić information content (AvgIpc) is 2.43. The van der Waals surface area contributed by atoms with Crippen molar-refractivity contribution in [1.29, 1.82) is 0 Å². The van der Waals surface area contributed by atoms with Crippen LogP contribution in [-0.4, -0.2) is 42.6 Å². The number of carbonyl (C=O) groups is 1. The molecule has 0 fully saturated rings. The third-order valence-electron chi connectivity index (χ3n) is 3.22. The Morgan fingerprint density at radius 2 is 2.10 bits per heavy atom. The van der Waals surface area contributed by atoms with Gasteiger partial charge in [-0.2, -0.15) is 0 Å². The van der Waals surface area contributed by atoms with E-state index in [4.69, 9.17) is 15.2 Å². The van der Waals surface area contributed by atoms with Crippen LogP contribution in [0.15, 0.2) is 24.3 Å². The molecule has 0 aliphatic carbocycles. The lowest BCUT2D eigenvalue weighted by atomic mass is 10.2. The van der Waals surface area contributed by atoms with Crippen LogP contribution in [0.5, 0.6) is 11.5 Å². The van der Waals surface area contributed by atoms with Crippen LogP contribution >= 0.6 is 12.4 Å². The van der Waals surface area contributed by atoms with Gasteiger partial charge in [0, 0.05) is 19.0 Å². The fourth-order valence-corrected chi connectivity index (χ4v) is 2.21. The molecule has 0 saturated carbocycles.